The molecule has 0 bridgehead atoms. The smallest absolute Gasteiger partial charge is 0.224 e. The third-order valence-electron chi connectivity index (χ3n) is 7.52. The van der Waals surface area contributed by atoms with E-state index in [9.17, 15) is 13.6 Å². The summed E-state index contributed by atoms with van der Waals surface area (Å²) in [6.07, 6.45) is 13.1. The minimum absolute atomic E-state index is 0.00340. The standard InChI is InChI=1S/C31H38F2N2O2/c1-2-19-37-20-18-34-27-16-17-28(29(21-27)22-6-4-3-5-7-22)31(36)35-30(23-8-12-25(32)13-9-23)24-10-14-26(33)15-11-24/h3-6,8-15,22,27-30,34H,2,7,16-21H2,1H3,(H,35,36). The van der Waals surface area contributed by atoms with Crippen LogP contribution < -0.4 is 10.6 Å². The molecular weight excluding hydrogens is 470 g/mol. The lowest BCUT2D eigenvalue weighted by atomic mass is 9.68. The van der Waals surface area contributed by atoms with Crippen molar-refractivity contribution in [2.75, 3.05) is 19.8 Å². The van der Waals surface area contributed by atoms with E-state index in [1.165, 1.54) is 24.3 Å². The number of carbonyl (C=O) groups is 1. The molecule has 0 saturated heterocycles. The Bertz CT molecular complexity index is 1010. The fourth-order valence-electron chi connectivity index (χ4n) is 5.61. The molecule has 6 heteroatoms. The van der Waals surface area contributed by atoms with E-state index >= 15 is 0 Å². The maximum absolute atomic E-state index is 13.8. The van der Waals surface area contributed by atoms with Crippen LogP contribution in [-0.2, 0) is 9.53 Å². The number of ether oxygens (including phenoxy) is 1. The van der Waals surface area contributed by atoms with Gasteiger partial charge < -0.3 is 15.4 Å². The Morgan fingerprint density at radius 2 is 1.65 bits per heavy atom. The zero-order valence-electron chi connectivity index (χ0n) is 21.5. The van der Waals surface area contributed by atoms with Crippen LogP contribution >= 0.6 is 0 Å². The molecule has 0 radical (unpaired) electrons. The van der Waals surface area contributed by atoms with Crippen molar-refractivity contribution in [2.45, 2.75) is 51.1 Å². The highest BCUT2D eigenvalue weighted by molar-refractivity contribution is 5.80. The van der Waals surface area contributed by atoms with Crippen LogP contribution in [0.3, 0.4) is 0 Å². The van der Waals surface area contributed by atoms with E-state index in [0.29, 0.717) is 18.6 Å². The third kappa shape index (κ3) is 7.59. The van der Waals surface area contributed by atoms with E-state index in [4.69, 9.17) is 4.74 Å². The number of benzene rings is 2. The third-order valence-corrected chi connectivity index (χ3v) is 7.52. The Balaban J connectivity index is 1.50. The number of carbonyl (C=O) groups excluding carboxylic acids is 1. The van der Waals surface area contributed by atoms with Gasteiger partial charge in [-0.25, -0.2) is 8.78 Å². The summed E-state index contributed by atoms with van der Waals surface area (Å²) in [5.41, 5.74) is 1.53. The SMILES string of the molecule is CCCOCCNC1CCC(C(=O)NC(c2ccc(F)cc2)c2ccc(F)cc2)C(C2C=CC=CC2)C1. The topological polar surface area (TPSA) is 50.4 Å². The molecule has 1 saturated carbocycles. The van der Waals surface area contributed by atoms with Crippen LogP contribution in [0.15, 0.2) is 72.8 Å². The molecule has 2 N–H and O–H groups in total. The van der Waals surface area contributed by atoms with Crippen LogP contribution in [0.1, 0.15) is 56.2 Å². The molecule has 4 nitrogen and oxygen atoms in total. The summed E-state index contributed by atoms with van der Waals surface area (Å²) in [6, 6.07) is 12.1. The highest BCUT2D eigenvalue weighted by atomic mass is 19.1. The van der Waals surface area contributed by atoms with Crippen molar-refractivity contribution in [1.82, 2.24) is 10.6 Å². The van der Waals surface area contributed by atoms with Crippen molar-refractivity contribution in [3.8, 4) is 0 Å². The van der Waals surface area contributed by atoms with Gasteiger partial charge in [0, 0.05) is 25.1 Å². The number of rotatable bonds is 11. The molecule has 0 aromatic heterocycles. The van der Waals surface area contributed by atoms with Crippen molar-refractivity contribution in [3.63, 3.8) is 0 Å². The lowest BCUT2D eigenvalue weighted by molar-refractivity contribution is -0.129. The highest BCUT2D eigenvalue weighted by Crippen LogP contribution is 2.39. The van der Waals surface area contributed by atoms with Gasteiger partial charge in [0.1, 0.15) is 11.6 Å². The predicted octanol–water partition coefficient (Wildman–Crippen LogP) is 6.10. The van der Waals surface area contributed by atoms with Gasteiger partial charge in [0.05, 0.1) is 12.6 Å². The van der Waals surface area contributed by atoms with Gasteiger partial charge in [-0.1, -0.05) is 55.5 Å². The maximum atomic E-state index is 13.8. The number of hydrogen-bond acceptors (Lipinski definition) is 3. The first-order valence-corrected chi connectivity index (χ1v) is 13.5. The molecule has 2 aliphatic rings. The van der Waals surface area contributed by atoms with Crippen LogP contribution in [-0.4, -0.2) is 31.7 Å². The number of nitrogens with one attached hydrogen (secondary N) is 2. The molecule has 0 aliphatic heterocycles. The first-order valence-electron chi connectivity index (χ1n) is 13.5. The Labute approximate surface area is 219 Å². The first-order chi connectivity index (χ1) is 18.0. The molecule has 4 unspecified atom stereocenters. The van der Waals surface area contributed by atoms with E-state index in [1.807, 2.05) is 0 Å². The van der Waals surface area contributed by atoms with Gasteiger partial charge in [-0.3, -0.25) is 4.79 Å². The number of allylic oxidation sites excluding steroid dienone is 4. The fraction of sp³-hybridized carbons (Fsp3) is 0.452. The van der Waals surface area contributed by atoms with Crippen molar-refractivity contribution in [2.24, 2.45) is 17.8 Å². The molecule has 0 spiro atoms. The molecule has 0 heterocycles. The van der Waals surface area contributed by atoms with Gasteiger partial charge >= 0.3 is 0 Å². The van der Waals surface area contributed by atoms with Gasteiger partial charge in [0.2, 0.25) is 5.91 Å². The summed E-state index contributed by atoms with van der Waals surface area (Å²) in [5, 5.41) is 6.88. The van der Waals surface area contributed by atoms with E-state index in [2.05, 4.69) is 41.9 Å². The van der Waals surface area contributed by atoms with Crippen LogP contribution in [0.4, 0.5) is 8.78 Å². The van der Waals surface area contributed by atoms with Gasteiger partial charge in [0.25, 0.3) is 0 Å². The Kier molecular flexibility index (Phi) is 10.0. The van der Waals surface area contributed by atoms with Crippen molar-refractivity contribution >= 4 is 5.91 Å². The molecular formula is C31H38F2N2O2. The van der Waals surface area contributed by atoms with Crippen molar-refractivity contribution in [3.05, 3.63) is 95.6 Å². The summed E-state index contributed by atoms with van der Waals surface area (Å²) in [5.74, 6) is -0.315. The molecule has 37 heavy (non-hydrogen) atoms. The van der Waals surface area contributed by atoms with E-state index in [1.54, 1.807) is 24.3 Å². The molecule has 2 aromatic carbocycles. The zero-order chi connectivity index (χ0) is 26.0. The number of amides is 1. The maximum Gasteiger partial charge on any atom is 0.224 e. The Morgan fingerprint density at radius 1 is 0.973 bits per heavy atom. The second-order valence-corrected chi connectivity index (χ2v) is 10.1. The molecule has 4 rings (SSSR count). The Morgan fingerprint density at radius 3 is 2.24 bits per heavy atom. The summed E-state index contributed by atoms with van der Waals surface area (Å²) in [4.78, 5) is 13.8. The quantitative estimate of drug-likeness (QED) is 0.361. The number of hydrogen-bond donors (Lipinski definition) is 2. The van der Waals surface area contributed by atoms with Crippen LogP contribution in [0.2, 0.25) is 0 Å². The lowest BCUT2D eigenvalue weighted by Gasteiger charge is -2.40. The van der Waals surface area contributed by atoms with Crippen LogP contribution in [0.5, 0.6) is 0 Å². The van der Waals surface area contributed by atoms with Gasteiger partial charge in [-0.15, -0.1) is 0 Å². The molecule has 198 valence electrons. The summed E-state index contributed by atoms with van der Waals surface area (Å²) in [6.45, 7) is 4.39. The first kappa shape index (κ1) is 27.2. The average molecular weight is 509 g/mol. The summed E-state index contributed by atoms with van der Waals surface area (Å²) in [7, 11) is 0. The molecule has 4 atom stereocenters. The monoisotopic (exact) mass is 508 g/mol. The molecule has 1 fully saturated rings. The Hall–Kier alpha value is -2.83. The lowest BCUT2D eigenvalue weighted by Crippen LogP contribution is -2.46. The zero-order valence-corrected chi connectivity index (χ0v) is 21.5. The molecule has 2 aromatic rings. The van der Waals surface area contributed by atoms with Crippen LogP contribution in [0.25, 0.3) is 0 Å². The van der Waals surface area contributed by atoms with Crippen molar-refractivity contribution in [1.29, 1.82) is 0 Å². The molecule has 2 aliphatic carbocycles. The second-order valence-electron chi connectivity index (χ2n) is 10.1. The average Bonchev–Trinajstić information content (AvgIpc) is 2.93. The summed E-state index contributed by atoms with van der Waals surface area (Å²) < 4.78 is 32.9. The van der Waals surface area contributed by atoms with Gasteiger partial charge in [-0.2, -0.15) is 0 Å². The fourth-order valence-corrected chi connectivity index (χ4v) is 5.61. The van der Waals surface area contributed by atoms with E-state index in [-0.39, 0.29) is 29.4 Å². The second kappa shape index (κ2) is 13.6. The predicted molar refractivity (Wildman–Crippen MR) is 143 cm³/mol. The van der Waals surface area contributed by atoms with E-state index < -0.39 is 6.04 Å². The summed E-state index contributed by atoms with van der Waals surface area (Å²) >= 11 is 0. The van der Waals surface area contributed by atoms with E-state index in [0.717, 1.165) is 56.4 Å². The minimum atomic E-state index is -0.484. The van der Waals surface area contributed by atoms with Crippen molar-refractivity contribution < 1.29 is 18.3 Å². The molecule has 1 amide bonds. The van der Waals surface area contributed by atoms with Gasteiger partial charge in [0.15, 0.2) is 0 Å². The highest BCUT2D eigenvalue weighted by Gasteiger charge is 2.39. The largest absolute Gasteiger partial charge is 0.380 e. The number of halogens is 2. The minimum Gasteiger partial charge on any atom is -0.380 e. The normalized spacial score (nSPS) is 23.4. The van der Waals surface area contributed by atoms with Crippen LogP contribution in [0, 0.1) is 29.4 Å². The van der Waals surface area contributed by atoms with Gasteiger partial charge in [-0.05, 0) is 79.3 Å².